The maximum Gasteiger partial charge on any atom is 0.0646 e. The minimum Gasteiger partial charge on any atom is -0.380 e. The molecule has 1 N–H and O–H groups in total. The van der Waals surface area contributed by atoms with Crippen LogP contribution in [0.1, 0.15) is 32.3 Å². The monoisotopic (exact) mass is 375 g/mol. The molecule has 0 aliphatic carbocycles. The van der Waals surface area contributed by atoms with Crippen LogP contribution in [0, 0.1) is 6.92 Å². The molecule has 2 nitrogen and oxygen atoms in total. The lowest BCUT2D eigenvalue weighted by Crippen LogP contribution is -2.40. The van der Waals surface area contributed by atoms with E-state index < -0.39 is 0 Å². The van der Waals surface area contributed by atoms with Gasteiger partial charge in [0.2, 0.25) is 0 Å². The topological polar surface area (TPSA) is 21.3 Å². The highest BCUT2D eigenvalue weighted by Crippen LogP contribution is 2.35. The van der Waals surface area contributed by atoms with E-state index in [1.54, 1.807) is 0 Å². The Hall–Kier alpha value is -0.0600. The zero-order chi connectivity index (χ0) is 13.3. The Bertz CT molecular complexity index is 422. The summed E-state index contributed by atoms with van der Waals surface area (Å²) >= 11 is 7.26. The van der Waals surface area contributed by atoms with Gasteiger partial charge in [-0.1, -0.05) is 0 Å². The summed E-state index contributed by atoms with van der Waals surface area (Å²) in [5.74, 6) is 0. The predicted molar refractivity (Wildman–Crippen MR) is 83.3 cm³/mol. The zero-order valence-electron chi connectivity index (χ0n) is 11.0. The highest BCUT2D eigenvalue weighted by molar-refractivity contribution is 9.11. The number of rotatable bonds is 2. The highest BCUT2D eigenvalue weighted by atomic mass is 79.9. The molecule has 18 heavy (non-hydrogen) atoms. The minimum atomic E-state index is -0.0282. The van der Waals surface area contributed by atoms with Crippen LogP contribution in [0.25, 0.3) is 0 Å². The molecule has 100 valence electrons. The van der Waals surface area contributed by atoms with Gasteiger partial charge in [-0.05, 0) is 83.2 Å². The Balaban J connectivity index is 2.14. The molecule has 0 saturated carbocycles. The lowest BCUT2D eigenvalue weighted by atomic mass is 9.94. The molecule has 1 aliphatic rings. The van der Waals surface area contributed by atoms with Gasteiger partial charge < -0.3 is 10.1 Å². The van der Waals surface area contributed by atoms with E-state index in [0.29, 0.717) is 6.04 Å². The third-order valence-corrected chi connectivity index (χ3v) is 4.48. The number of nitrogens with one attached hydrogen (secondary N) is 1. The van der Waals surface area contributed by atoms with Crippen LogP contribution in [-0.4, -0.2) is 18.2 Å². The van der Waals surface area contributed by atoms with Gasteiger partial charge in [-0.3, -0.25) is 0 Å². The van der Waals surface area contributed by atoms with Gasteiger partial charge in [0.25, 0.3) is 0 Å². The maximum atomic E-state index is 5.75. The van der Waals surface area contributed by atoms with Gasteiger partial charge in [0.1, 0.15) is 0 Å². The van der Waals surface area contributed by atoms with Crippen LogP contribution in [0.5, 0.6) is 0 Å². The van der Waals surface area contributed by atoms with Gasteiger partial charge in [-0.15, -0.1) is 0 Å². The highest BCUT2D eigenvalue weighted by Gasteiger charge is 2.29. The first-order valence-electron chi connectivity index (χ1n) is 6.23. The molecule has 1 atom stereocenters. The zero-order valence-corrected chi connectivity index (χ0v) is 14.2. The first kappa shape index (κ1) is 14.4. The third-order valence-electron chi connectivity index (χ3n) is 3.23. The molecule has 0 radical (unpaired) electrons. The molecule has 1 saturated heterocycles. The van der Waals surface area contributed by atoms with Crippen LogP contribution in [0.15, 0.2) is 21.1 Å². The Morgan fingerprint density at radius 1 is 1.28 bits per heavy atom. The van der Waals surface area contributed by atoms with E-state index in [2.05, 4.69) is 70.1 Å². The molecular formula is C14H19Br2NO. The molecule has 0 aromatic heterocycles. The van der Waals surface area contributed by atoms with E-state index in [-0.39, 0.29) is 5.60 Å². The minimum absolute atomic E-state index is 0.0282. The second-order valence-corrected chi connectivity index (χ2v) is 7.25. The number of benzene rings is 1. The standard InChI is InChI=1S/C14H19Br2NO/c1-9-6-11(15)13(12(16)7-9)17-10-4-5-18-14(2,3)8-10/h6-7,10,17H,4-5,8H2,1-3H3. The summed E-state index contributed by atoms with van der Waals surface area (Å²) in [6.07, 6.45) is 2.08. The smallest absolute Gasteiger partial charge is 0.0646 e. The molecule has 0 amide bonds. The van der Waals surface area contributed by atoms with Crippen LogP contribution < -0.4 is 5.32 Å². The molecule has 1 unspecified atom stereocenters. The molecule has 1 aromatic carbocycles. The van der Waals surface area contributed by atoms with Gasteiger partial charge >= 0.3 is 0 Å². The maximum absolute atomic E-state index is 5.75. The molecule has 1 fully saturated rings. The predicted octanol–water partition coefficient (Wildman–Crippen LogP) is 4.89. The van der Waals surface area contributed by atoms with E-state index in [4.69, 9.17) is 4.74 Å². The van der Waals surface area contributed by atoms with E-state index in [1.165, 1.54) is 5.56 Å². The Kier molecular flexibility index (Phi) is 4.40. The normalized spacial score (nSPS) is 22.8. The second kappa shape index (κ2) is 5.51. The first-order chi connectivity index (χ1) is 8.37. The molecule has 0 spiro atoms. The SMILES string of the molecule is Cc1cc(Br)c(NC2CCOC(C)(C)C2)c(Br)c1. The lowest BCUT2D eigenvalue weighted by molar-refractivity contribution is -0.0553. The fourth-order valence-electron chi connectivity index (χ4n) is 2.40. The van der Waals surface area contributed by atoms with Crippen molar-refractivity contribution in [2.24, 2.45) is 0 Å². The van der Waals surface area contributed by atoms with Crippen LogP contribution in [0.2, 0.25) is 0 Å². The number of anilines is 1. The average molecular weight is 377 g/mol. The summed E-state index contributed by atoms with van der Waals surface area (Å²) in [6.45, 7) is 7.22. The number of hydrogen-bond acceptors (Lipinski definition) is 2. The molecule has 4 heteroatoms. The fraction of sp³-hybridized carbons (Fsp3) is 0.571. The van der Waals surface area contributed by atoms with Crippen molar-refractivity contribution < 1.29 is 4.74 Å². The summed E-state index contributed by atoms with van der Waals surface area (Å²) in [7, 11) is 0. The fourth-order valence-corrected chi connectivity index (χ4v) is 4.04. The van der Waals surface area contributed by atoms with Crippen molar-refractivity contribution in [3.63, 3.8) is 0 Å². The largest absolute Gasteiger partial charge is 0.380 e. The van der Waals surface area contributed by atoms with Crippen LogP contribution >= 0.6 is 31.9 Å². The van der Waals surface area contributed by atoms with Gasteiger partial charge in [-0.25, -0.2) is 0 Å². The number of hydrogen-bond donors (Lipinski definition) is 1. The summed E-state index contributed by atoms with van der Waals surface area (Å²) < 4.78 is 7.97. The first-order valence-corrected chi connectivity index (χ1v) is 7.82. The molecule has 2 rings (SSSR count). The molecule has 0 bridgehead atoms. The molecular weight excluding hydrogens is 358 g/mol. The van der Waals surface area contributed by atoms with E-state index in [1.807, 2.05) is 0 Å². The van der Waals surface area contributed by atoms with Crippen molar-refractivity contribution in [3.05, 3.63) is 26.6 Å². The van der Waals surface area contributed by atoms with Crippen LogP contribution in [-0.2, 0) is 4.74 Å². The summed E-state index contributed by atoms with van der Waals surface area (Å²) in [4.78, 5) is 0. The number of aryl methyl sites for hydroxylation is 1. The summed E-state index contributed by atoms with van der Waals surface area (Å²) in [6, 6.07) is 4.74. The van der Waals surface area contributed by atoms with Gasteiger partial charge in [-0.2, -0.15) is 0 Å². The average Bonchev–Trinajstić information content (AvgIpc) is 2.22. The van der Waals surface area contributed by atoms with Crippen molar-refractivity contribution in [3.8, 4) is 0 Å². The Morgan fingerprint density at radius 2 is 1.89 bits per heavy atom. The second-order valence-electron chi connectivity index (χ2n) is 5.55. The summed E-state index contributed by atoms with van der Waals surface area (Å²) in [5, 5.41) is 3.63. The molecule has 1 aromatic rings. The Morgan fingerprint density at radius 3 is 2.44 bits per heavy atom. The lowest BCUT2D eigenvalue weighted by Gasteiger charge is -2.36. The van der Waals surface area contributed by atoms with E-state index in [9.17, 15) is 0 Å². The van der Waals surface area contributed by atoms with Crippen molar-refractivity contribution in [1.82, 2.24) is 0 Å². The molecule has 1 heterocycles. The molecule has 1 aliphatic heterocycles. The van der Waals surface area contributed by atoms with E-state index in [0.717, 1.165) is 34.1 Å². The van der Waals surface area contributed by atoms with Crippen molar-refractivity contribution in [2.45, 2.75) is 45.3 Å². The van der Waals surface area contributed by atoms with Crippen molar-refractivity contribution in [2.75, 3.05) is 11.9 Å². The number of ether oxygens (including phenoxy) is 1. The quantitative estimate of drug-likeness (QED) is 0.793. The number of halogens is 2. The van der Waals surface area contributed by atoms with Gasteiger partial charge in [0, 0.05) is 21.6 Å². The van der Waals surface area contributed by atoms with Gasteiger partial charge in [0.15, 0.2) is 0 Å². The third kappa shape index (κ3) is 3.49. The van der Waals surface area contributed by atoms with Crippen molar-refractivity contribution >= 4 is 37.5 Å². The van der Waals surface area contributed by atoms with Gasteiger partial charge in [0.05, 0.1) is 11.3 Å². The Labute approximate surface area is 126 Å². The van der Waals surface area contributed by atoms with Crippen LogP contribution in [0.4, 0.5) is 5.69 Å². The van der Waals surface area contributed by atoms with Crippen LogP contribution in [0.3, 0.4) is 0 Å². The van der Waals surface area contributed by atoms with Crippen molar-refractivity contribution in [1.29, 1.82) is 0 Å². The van der Waals surface area contributed by atoms with E-state index >= 15 is 0 Å². The summed E-state index contributed by atoms with van der Waals surface area (Å²) in [5.41, 5.74) is 2.36.